The van der Waals surface area contributed by atoms with Crippen molar-refractivity contribution in [3.05, 3.63) is 5.82 Å². The molecule has 0 amide bonds. The van der Waals surface area contributed by atoms with Crippen molar-refractivity contribution in [3.63, 3.8) is 0 Å². The van der Waals surface area contributed by atoms with Gasteiger partial charge in [0.2, 0.25) is 0 Å². The van der Waals surface area contributed by atoms with E-state index in [9.17, 15) is 4.79 Å². The van der Waals surface area contributed by atoms with Crippen LogP contribution in [-0.2, 0) is 17.9 Å². The summed E-state index contributed by atoms with van der Waals surface area (Å²) in [6.45, 7) is 8.47. The van der Waals surface area contributed by atoms with E-state index in [0.29, 0.717) is 19.0 Å². The largest absolute Gasteiger partial charge is 0.481 e. The van der Waals surface area contributed by atoms with Gasteiger partial charge in [-0.15, -0.1) is 5.10 Å². The van der Waals surface area contributed by atoms with Crippen molar-refractivity contribution < 1.29 is 9.90 Å². The van der Waals surface area contributed by atoms with E-state index in [0.717, 1.165) is 25.3 Å². The highest BCUT2D eigenvalue weighted by atomic mass is 16.4. The lowest BCUT2D eigenvalue weighted by atomic mass is 10.2. The van der Waals surface area contributed by atoms with Gasteiger partial charge in [-0.2, -0.15) is 0 Å². The molecule has 0 aliphatic carbocycles. The number of hydrogen-bond donors (Lipinski definition) is 1. The summed E-state index contributed by atoms with van der Waals surface area (Å²) in [5, 5.41) is 20.4. The van der Waals surface area contributed by atoms with Gasteiger partial charge < -0.3 is 5.11 Å². The average Bonchev–Trinajstić information content (AvgIpc) is 2.75. The maximum atomic E-state index is 10.6. The van der Waals surface area contributed by atoms with E-state index in [-0.39, 0.29) is 6.42 Å². The van der Waals surface area contributed by atoms with Crippen LogP contribution in [0.25, 0.3) is 0 Å². The minimum atomic E-state index is -0.750. The van der Waals surface area contributed by atoms with Crippen LogP contribution in [0.4, 0.5) is 0 Å². The monoisotopic (exact) mass is 269 g/mol. The Morgan fingerprint density at radius 1 is 1.47 bits per heavy atom. The van der Waals surface area contributed by atoms with Gasteiger partial charge >= 0.3 is 5.97 Å². The number of carbonyl (C=O) groups is 1. The molecule has 1 N–H and O–H groups in total. The third kappa shape index (κ3) is 5.34. The van der Waals surface area contributed by atoms with Gasteiger partial charge in [0, 0.05) is 19.0 Å². The Bertz CT molecular complexity index is 391. The second kappa shape index (κ2) is 7.83. The Morgan fingerprint density at radius 3 is 2.79 bits per heavy atom. The predicted octanol–water partition coefficient (Wildman–Crippen LogP) is 1.16. The molecule has 19 heavy (non-hydrogen) atoms. The van der Waals surface area contributed by atoms with E-state index >= 15 is 0 Å². The lowest BCUT2D eigenvalue weighted by molar-refractivity contribution is -0.137. The zero-order valence-electron chi connectivity index (χ0n) is 11.9. The molecule has 0 aliphatic rings. The van der Waals surface area contributed by atoms with Gasteiger partial charge in [-0.05, 0) is 43.7 Å². The van der Waals surface area contributed by atoms with Crippen LogP contribution in [0.15, 0.2) is 0 Å². The van der Waals surface area contributed by atoms with Crippen LogP contribution < -0.4 is 0 Å². The van der Waals surface area contributed by atoms with Crippen molar-refractivity contribution >= 4 is 5.97 Å². The van der Waals surface area contributed by atoms with E-state index in [1.807, 2.05) is 4.68 Å². The van der Waals surface area contributed by atoms with Crippen LogP contribution in [0.1, 0.15) is 45.9 Å². The molecular formula is C12H23N5O2. The lowest BCUT2D eigenvalue weighted by Gasteiger charge is -2.25. The van der Waals surface area contributed by atoms with E-state index in [1.54, 1.807) is 0 Å². The number of carboxylic acid groups (broad SMARTS) is 1. The molecule has 0 spiro atoms. The predicted molar refractivity (Wildman–Crippen MR) is 70.5 cm³/mol. The molecule has 7 nitrogen and oxygen atoms in total. The lowest BCUT2D eigenvalue weighted by Crippen LogP contribution is -2.33. The standard InChI is InChI=1S/C12H23N5O2/c1-4-7-17-11(13-14-15-17)9-16(10(2)3)8-5-6-12(18)19/h10H,4-9H2,1-3H3,(H,18,19). The molecule has 1 aromatic heterocycles. The fraction of sp³-hybridized carbons (Fsp3) is 0.833. The highest BCUT2D eigenvalue weighted by Gasteiger charge is 2.15. The number of aliphatic carboxylic acids is 1. The molecule has 0 unspecified atom stereocenters. The normalized spacial score (nSPS) is 11.4. The summed E-state index contributed by atoms with van der Waals surface area (Å²) in [5.74, 6) is 0.0883. The minimum Gasteiger partial charge on any atom is -0.481 e. The Balaban J connectivity index is 2.57. The molecule has 1 heterocycles. The van der Waals surface area contributed by atoms with Gasteiger partial charge in [0.05, 0.1) is 6.54 Å². The summed E-state index contributed by atoms with van der Waals surface area (Å²) in [4.78, 5) is 12.7. The van der Waals surface area contributed by atoms with Crippen molar-refractivity contribution in [1.82, 2.24) is 25.1 Å². The van der Waals surface area contributed by atoms with Crippen molar-refractivity contribution in [3.8, 4) is 0 Å². The fourth-order valence-electron chi connectivity index (χ4n) is 1.86. The maximum absolute atomic E-state index is 10.6. The number of tetrazole rings is 1. The zero-order valence-corrected chi connectivity index (χ0v) is 11.9. The summed E-state index contributed by atoms with van der Waals surface area (Å²) in [5.41, 5.74) is 0. The first-order chi connectivity index (χ1) is 9.04. The Morgan fingerprint density at radius 2 is 2.21 bits per heavy atom. The second-order valence-electron chi connectivity index (χ2n) is 4.88. The molecule has 7 heteroatoms. The average molecular weight is 269 g/mol. The topological polar surface area (TPSA) is 84.1 Å². The summed E-state index contributed by atoms with van der Waals surface area (Å²) in [6.07, 6.45) is 1.82. The van der Waals surface area contributed by atoms with Crippen molar-refractivity contribution in [2.24, 2.45) is 0 Å². The highest BCUT2D eigenvalue weighted by Crippen LogP contribution is 2.07. The summed E-state index contributed by atoms with van der Waals surface area (Å²) >= 11 is 0. The summed E-state index contributed by atoms with van der Waals surface area (Å²) in [6, 6.07) is 0.334. The first-order valence-corrected chi connectivity index (χ1v) is 6.75. The molecule has 0 aromatic carbocycles. The summed E-state index contributed by atoms with van der Waals surface area (Å²) < 4.78 is 1.81. The van der Waals surface area contributed by atoms with Gasteiger partial charge in [0.15, 0.2) is 5.82 Å². The van der Waals surface area contributed by atoms with Crippen LogP contribution in [0.5, 0.6) is 0 Å². The summed E-state index contributed by atoms with van der Waals surface area (Å²) in [7, 11) is 0. The Hall–Kier alpha value is -1.50. The molecule has 108 valence electrons. The van der Waals surface area contributed by atoms with E-state index < -0.39 is 5.97 Å². The molecule has 0 aliphatic heterocycles. The third-order valence-corrected chi connectivity index (χ3v) is 2.95. The highest BCUT2D eigenvalue weighted by molar-refractivity contribution is 5.66. The smallest absolute Gasteiger partial charge is 0.303 e. The molecule has 1 rings (SSSR count). The second-order valence-corrected chi connectivity index (χ2v) is 4.88. The first kappa shape index (κ1) is 15.6. The number of aryl methyl sites for hydroxylation is 1. The molecule has 0 radical (unpaired) electrons. The van der Waals surface area contributed by atoms with Crippen LogP contribution in [0.2, 0.25) is 0 Å². The quantitative estimate of drug-likeness (QED) is 0.724. The maximum Gasteiger partial charge on any atom is 0.303 e. The van der Waals surface area contributed by atoms with Gasteiger partial charge in [-0.3, -0.25) is 9.69 Å². The van der Waals surface area contributed by atoms with Crippen LogP contribution in [0.3, 0.4) is 0 Å². The number of nitrogens with zero attached hydrogens (tertiary/aromatic N) is 5. The minimum absolute atomic E-state index is 0.198. The van der Waals surface area contributed by atoms with Crippen molar-refractivity contribution in [1.29, 1.82) is 0 Å². The van der Waals surface area contributed by atoms with E-state index in [2.05, 4.69) is 41.2 Å². The Labute approximate surface area is 113 Å². The van der Waals surface area contributed by atoms with Gasteiger partial charge in [-0.1, -0.05) is 6.92 Å². The Kier molecular flexibility index (Phi) is 6.41. The molecule has 1 aromatic rings. The number of hydrogen-bond acceptors (Lipinski definition) is 5. The van der Waals surface area contributed by atoms with Crippen LogP contribution in [0, 0.1) is 0 Å². The van der Waals surface area contributed by atoms with Gasteiger partial charge in [0.1, 0.15) is 0 Å². The first-order valence-electron chi connectivity index (χ1n) is 6.75. The van der Waals surface area contributed by atoms with Crippen molar-refractivity contribution in [2.45, 2.75) is 59.2 Å². The third-order valence-electron chi connectivity index (χ3n) is 2.95. The number of rotatable bonds is 9. The van der Waals surface area contributed by atoms with Gasteiger partial charge in [0.25, 0.3) is 0 Å². The van der Waals surface area contributed by atoms with Crippen LogP contribution in [-0.4, -0.2) is 48.8 Å². The number of carboxylic acids is 1. The number of aromatic nitrogens is 4. The fourth-order valence-corrected chi connectivity index (χ4v) is 1.86. The SMILES string of the molecule is CCCn1nnnc1CN(CCCC(=O)O)C(C)C. The van der Waals surface area contributed by atoms with E-state index in [1.165, 1.54) is 0 Å². The van der Waals surface area contributed by atoms with Crippen molar-refractivity contribution in [2.75, 3.05) is 6.54 Å². The molecule has 0 bridgehead atoms. The molecular weight excluding hydrogens is 246 g/mol. The molecule has 0 saturated heterocycles. The van der Waals surface area contributed by atoms with Gasteiger partial charge in [-0.25, -0.2) is 4.68 Å². The molecule has 0 fully saturated rings. The molecule has 0 saturated carbocycles. The molecule has 0 atom stereocenters. The van der Waals surface area contributed by atoms with Crippen LogP contribution >= 0.6 is 0 Å². The zero-order chi connectivity index (χ0) is 14.3. The van der Waals surface area contributed by atoms with E-state index in [4.69, 9.17) is 5.11 Å².